The molecule has 0 bridgehead atoms. The smallest absolute Gasteiger partial charge is 0.256 e. The van der Waals surface area contributed by atoms with E-state index in [0.29, 0.717) is 24.5 Å². The third kappa shape index (κ3) is 4.30. The molecule has 146 valence electrons. The van der Waals surface area contributed by atoms with Crippen molar-refractivity contribution in [2.45, 2.75) is 13.1 Å². The molecule has 7 nitrogen and oxygen atoms in total. The molecule has 0 spiro atoms. The minimum Gasteiger partial charge on any atom is -0.305 e. The number of rotatable bonds is 6. The van der Waals surface area contributed by atoms with E-state index in [9.17, 15) is 4.79 Å². The van der Waals surface area contributed by atoms with Gasteiger partial charge in [-0.3, -0.25) is 24.3 Å². The van der Waals surface area contributed by atoms with Crippen LogP contribution in [0.15, 0.2) is 67.1 Å². The number of hydrogen-bond donors (Lipinski definition) is 1. The molecule has 0 saturated heterocycles. The molecular weight excluding hydrogens is 364 g/mol. The zero-order chi connectivity index (χ0) is 20.2. The molecule has 4 aromatic rings. The molecule has 4 rings (SSSR count). The van der Waals surface area contributed by atoms with Crippen LogP contribution in [-0.2, 0) is 20.1 Å². The van der Waals surface area contributed by atoms with E-state index in [1.54, 1.807) is 23.3 Å². The number of nitrogens with one attached hydrogen (secondary N) is 1. The average Bonchev–Trinajstić information content (AvgIpc) is 3.04. The van der Waals surface area contributed by atoms with Gasteiger partial charge in [-0.05, 0) is 36.9 Å². The Morgan fingerprint density at radius 3 is 2.79 bits per heavy atom. The molecule has 7 heteroatoms. The highest BCUT2D eigenvalue weighted by Gasteiger charge is 2.13. The van der Waals surface area contributed by atoms with Crippen LogP contribution in [0.5, 0.6) is 0 Å². The number of fused-ring (bicyclic) bond motifs is 1. The van der Waals surface area contributed by atoms with Crippen molar-refractivity contribution in [1.29, 1.82) is 0 Å². The minimum absolute atomic E-state index is 0.174. The van der Waals surface area contributed by atoms with Crippen LogP contribution in [0.3, 0.4) is 0 Å². The summed E-state index contributed by atoms with van der Waals surface area (Å²) in [6, 6.07) is 15.5. The summed E-state index contributed by atoms with van der Waals surface area (Å²) in [5.41, 5.74) is 3.54. The number of benzene rings is 2. The first-order valence-electron chi connectivity index (χ1n) is 9.35. The summed E-state index contributed by atoms with van der Waals surface area (Å²) in [6.07, 6.45) is 5.11. The average molecular weight is 386 g/mol. The normalized spacial score (nSPS) is 11.1. The Labute approximate surface area is 169 Å². The van der Waals surface area contributed by atoms with Gasteiger partial charge in [-0.25, -0.2) is 0 Å². The maximum Gasteiger partial charge on any atom is 0.256 e. The summed E-state index contributed by atoms with van der Waals surface area (Å²) < 4.78 is 1.77. The lowest BCUT2D eigenvalue weighted by molar-refractivity contribution is 0.102. The predicted molar refractivity (Wildman–Crippen MR) is 112 cm³/mol. The van der Waals surface area contributed by atoms with Crippen LogP contribution in [0.2, 0.25) is 0 Å². The Morgan fingerprint density at radius 1 is 1.10 bits per heavy atom. The Bertz CT molecular complexity index is 1140. The molecule has 0 aliphatic heterocycles. The summed E-state index contributed by atoms with van der Waals surface area (Å²) in [5, 5.41) is 8.30. The molecule has 0 saturated carbocycles. The van der Waals surface area contributed by atoms with Crippen LogP contribution in [0.1, 0.15) is 21.6 Å². The van der Waals surface area contributed by atoms with Crippen molar-refractivity contribution in [2.24, 2.45) is 7.05 Å². The van der Waals surface area contributed by atoms with Gasteiger partial charge in [0.1, 0.15) is 0 Å². The van der Waals surface area contributed by atoms with Gasteiger partial charge in [-0.1, -0.05) is 24.3 Å². The van der Waals surface area contributed by atoms with Gasteiger partial charge in [-0.2, -0.15) is 5.10 Å². The quantitative estimate of drug-likeness (QED) is 0.551. The fraction of sp³-hybridized carbons (Fsp3) is 0.182. The van der Waals surface area contributed by atoms with Crippen molar-refractivity contribution in [1.82, 2.24) is 24.6 Å². The first-order chi connectivity index (χ1) is 14.1. The second kappa shape index (κ2) is 8.20. The molecule has 2 aromatic heterocycles. The summed E-state index contributed by atoms with van der Waals surface area (Å²) in [4.78, 5) is 23.3. The Morgan fingerprint density at radius 2 is 1.97 bits per heavy atom. The first-order valence-corrected chi connectivity index (χ1v) is 9.35. The van der Waals surface area contributed by atoms with E-state index in [1.165, 1.54) is 0 Å². The largest absolute Gasteiger partial charge is 0.305 e. The first kappa shape index (κ1) is 18.8. The zero-order valence-electron chi connectivity index (χ0n) is 16.4. The van der Waals surface area contributed by atoms with Gasteiger partial charge < -0.3 is 5.32 Å². The molecule has 0 radical (unpaired) electrons. The Balaban J connectivity index is 1.47. The van der Waals surface area contributed by atoms with Crippen molar-refractivity contribution < 1.29 is 4.79 Å². The van der Waals surface area contributed by atoms with Crippen LogP contribution >= 0.6 is 0 Å². The second-order valence-corrected chi connectivity index (χ2v) is 7.01. The van der Waals surface area contributed by atoms with Gasteiger partial charge >= 0.3 is 0 Å². The van der Waals surface area contributed by atoms with Crippen molar-refractivity contribution in [3.8, 4) is 0 Å². The van der Waals surface area contributed by atoms with Gasteiger partial charge in [0.2, 0.25) is 0 Å². The zero-order valence-corrected chi connectivity index (χ0v) is 16.4. The van der Waals surface area contributed by atoms with Gasteiger partial charge in [0, 0.05) is 49.7 Å². The van der Waals surface area contributed by atoms with Crippen LogP contribution in [0, 0.1) is 0 Å². The topological polar surface area (TPSA) is 75.9 Å². The van der Waals surface area contributed by atoms with E-state index in [1.807, 2.05) is 62.6 Å². The second-order valence-electron chi connectivity index (χ2n) is 7.01. The number of carbonyl (C=O) groups is 1. The summed E-state index contributed by atoms with van der Waals surface area (Å²) in [6.45, 7) is 1.38. The lowest BCUT2D eigenvalue weighted by Gasteiger charge is -2.16. The lowest BCUT2D eigenvalue weighted by atomic mass is 10.1. The number of nitrogens with zero attached hydrogens (tertiary/aromatic N) is 5. The number of hydrogen-bond acceptors (Lipinski definition) is 5. The maximum absolute atomic E-state index is 12.8. The van der Waals surface area contributed by atoms with E-state index < -0.39 is 0 Å². The predicted octanol–water partition coefficient (Wildman–Crippen LogP) is 3.25. The fourth-order valence-corrected chi connectivity index (χ4v) is 3.35. The lowest BCUT2D eigenvalue weighted by Crippen LogP contribution is -2.19. The summed E-state index contributed by atoms with van der Waals surface area (Å²) in [5.74, 6) is 0.394. The number of carbonyl (C=O) groups excluding carboxylic acids is 1. The number of amides is 1. The van der Waals surface area contributed by atoms with Crippen molar-refractivity contribution in [3.63, 3.8) is 0 Å². The van der Waals surface area contributed by atoms with Crippen molar-refractivity contribution in [3.05, 3.63) is 83.9 Å². The highest BCUT2D eigenvalue weighted by Crippen LogP contribution is 2.22. The molecule has 0 aliphatic carbocycles. The molecule has 0 aliphatic rings. The van der Waals surface area contributed by atoms with Gasteiger partial charge in [0.25, 0.3) is 5.91 Å². The molecule has 0 atom stereocenters. The van der Waals surface area contributed by atoms with Crippen molar-refractivity contribution in [2.75, 3.05) is 12.4 Å². The SMILES string of the molecule is CN(Cc1cccc(C(=O)Nc2nn(C)c3ccccc23)c1)Cc1cnccn1. The van der Waals surface area contributed by atoms with Gasteiger partial charge in [-0.15, -0.1) is 0 Å². The molecule has 2 aromatic carbocycles. The van der Waals surface area contributed by atoms with Crippen LogP contribution in [0.25, 0.3) is 10.9 Å². The van der Waals surface area contributed by atoms with E-state index in [-0.39, 0.29) is 5.91 Å². The van der Waals surface area contributed by atoms with Crippen LogP contribution in [0.4, 0.5) is 5.82 Å². The van der Waals surface area contributed by atoms with Crippen LogP contribution < -0.4 is 5.32 Å². The molecule has 0 fully saturated rings. The van der Waals surface area contributed by atoms with Gasteiger partial charge in [0.15, 0.2) is 5.82 Å². The number of aromatic nitrogens is 4. The molecule has 2 heterocycles. The summed E-state index contributed by atoms with van der Waals surface area (Å²) in [7, 11) is 3.88. The molecule has 29 heavy (non-hydrogen) atoms. The summed E-state index contributed by atoms with van der Waals surface area (Å²) >= 11 is 0. The number of para-hydroxylation sites is 1. The number of aryl methyl sites for hydroxylation is 1. The highest BCUT2D eigenvalue weighted by atomic mass is 16.1. The standard InChI is InChI=1S/C22H22N6O/c1-27(15-18-13-23-10-11-24-18)14-16-6-5-7-17(12-16)22(29)25-21-19-8-3-4-9-20(19)28(2)26-21/h3-13H,14-15H2,1-2H3,(H,25,26,29). The van der Waals surface area contributed by atoms with E-state index in [2.05, 4.69) is 25.3 Å². The van der Waals surface area contributed by atoms with E-state index in [4.69, 9.17) is 0 Å². The van der Waals surface area contributed by atoms with E-state index >= 15 is 0 Å². The third-order valence-corrected chi connectivity index (χ3v) is 4.68. The molecular formula is C22H22N6O. The highest BCUT2D eigenvalue weighted by molar-refractivity contribution is 6.08. The monoisotopic (exact) mass is 386 g/mol. The number of anilines is 1. The Kier molecular flexibility index (Phi) is 5.31. The molecule has 1 amide bonds. The van der Waals surface area contributed by atoms with Crippen molar-refractivity contribution >= 4 is 22.6 Å². The maximum atomic E-state index is 12.8. The van der Waals surface area contributed by atoms with Crippen LogP contribution in [-0.4, -0.2) is 37.6 Å². The molecule has 0 unspecified atom stereocenters. The Hall–Kier alpha value is -3.58. The molecule has 1 N–H and O–H groups in total. The van der Waals surface area contributed by atoms with E-state index in [0.717, 1.165) is 22.2 Å². The fourth-order valence-electron chi connectivity index (χ4n) is 3.35. The van der Waals surface area contributed by atoms with Gasteiger partial charge in [0.05, 0.1) is 11.2 Å². The third-order valence-electron chi connectivity index (χ3n) is 4.68. The minimum atomic E-state index is -0.174.